The molecule has 2 aromatic carbocycles. The molecule has 0 saturated carbocycles. The Morgan fingerprint density at radius 3 is 2.97 bits per heavy atom. The van der Waals surface area contributed by atoms with Crippen LogP contribution in [0, 0.1) is 5.82 Å². The number of methoxy groups -OCH3 is 1. The van der Waals surface area contributed by atoms with Crippen molar-refractivity contribution in [1.29, 1.82) is 0 Å². The van der Waals surface area contributed by atoms with Crippen molar-refractivity contribution in [2.75, 3.05) is 19.0 Å². The minimum absolute atomic E-state index is 0.194. The molecule has 0 fully saturated rings. The minimum atomic E-state index is -0.376. The molecule has 1 N–H and O–H groups in total. The molecule has 0 spiro atoms. The van der Waals surface area contributed by atoms with Crippen molar-refractivity contribution in [3.8, 4) is 0 Å². The fourth-order valence-corrected chi connectivity index (χ4v) is 4.78. The summed E-state index contributed by atoms with van der Waals surface area (Å²) in [4.78, 5) is 17.8. The minimum Gasteiger partial charge on any atom is -0.465 e. The van der Waals surface area contributed by atoms with Gasteiger partial charge in [-0.2, -0.15) is 0 Å². The number of aromatic nitrogens is 1. The summed E-state index contributed by atoms with van der Waals surface area (Å²) in [5, 5.41) is 3.38. The van der Waals surface area contributed by atoms with Gasteiger partial charge in [-0.3, -0.25) is 4.98 Å². The third-order valence-electron chi connectivity index (χ3n) is 5.38. The highest BCUT2D eigenvalue weighted by molar-refractivity contribution is 7.99. The molecule has 4 nitrogen and oxygen atoms in total. The molecule has 0 bridgehead atoms. The van der Waals surface area contributed by atoms with E-state index in [-0.39, 0.29) is 11.8 Å². The van der Waals surface area contributed by atoms with Gasteiger partial charge in [0, 0.05) is 28.5 Å². The summed E-state index contributed by atoms with van der Waals surface area (Å²) >= 11 is 1.46. The second-order valence-electron chi connectivity index (χ2n) is 7.28. The lowest BCUT2D eigenvalue weighted by Crippen LogP contribution is -2.19. The Morgan fingerprint density at radius 1 is 1.27 bits per heavy atom. The second kappa shape index (κ2) is 9.30. The lowest BCUT2D eigenvalue weighted by molar-refractivity contribution is 0.0601. The van der Waals surface area contributed by atoms with Gasteiger partial charge in [0.25, 0.3) is 0 Å². The van der Waals surface area contributed by atoms with E-state index in [1.165, 1.54) is 36.1 Å². The smallest absolute Gasteiger partial charge is 0.340 e. The Hall–Kier alpha value is -2.86. The monoisotopic (exact) mass is 422 g/mol. The molecule has 1 aliphatic carbocycles. The van der Waals surface area contributed by atoms with Gasteiger partial charge in [-0.15, -0.1) is 0 Å². The summed E-state index contributed by atoms with van der Waals surface area (Å²) in [6, 6.07) is 14.9. The van der Waals surface area contributed by atoms with E-state index in [0.717, 1.165) is 24.2 Å². The number of esters is 1. The molecule has 1 aromatic heterocycles. The topological polar surface area (TPSA) is 51.2 Å². The third kappa shape index (κ3) is 4.49. The Labute approximate surface area is 179 Å². The number of halogens is 1. The number of nitrogens with zero attached hydrogens (tertiary/aromatic N) is 1. The van der Waals surface area contributed by atoms with Gasteiger partial charge < -0.3 is 10.1 Å². The van der Waals surface area contributed by atoms with Crippen molar-refractivity contribution in [2.45, 2.75) is 35.0 Å². The molecule has 154 valence electrons. The number of benzene rings is 2. The first kappa shape index (κ1) is 20.4. The fourth-order valence-electron chi connectivity index (χ4n) is 3.88. The molecule has 0 saturated heterocycles. The Kier molecular flexibility index (Phi) is 6.33. The Balaban J connectivity index is 1.50. The number of rotatable bonds is 6. The van der Waals surface area contributed by atoms with Crippen molar-refractivity contribution in [3.05, 3.63) is 83.4 Å². The zero-order valence-electron chi connectivity index (χ0n) is 16.7. The van der Waals surface area contributed by atoms with Gasteiger partial charge in [-0.1, -0.05) is 30.0 Å². The maximum atomic E-state index is 14.0. The van der Waals surface area contributed by atoms with Crippen LogP contribution in [0.4, 0.5) is 10.1 Å². The summed E-state index contributed by atoms with van der Waals surface area (Å²) in [5.41, 5.74) is 3.80. The van der Waals surface area contributed by atoms with E-state index < -0.39 is 0 Å². The summed E-state index contributed by atoms with van der Waals surface area (Å²) in [6.07, 6.45) is 6.45. The number of pyridine rings is 1. The lowest BCUT2D eigenvalue weighted by Gasteiger charge is -2.27. The van der Waals surface area contributed by atoms with E-state index >= 15 is 0 Å². The summed E-state index contributed by atoms with van der Waals surface area (Å²) in [7, 11) is 1.38. The Bertz CT molecular complexity index is 1060. The van der Waals surface area contributed by atoms with Crippen molar-refractivity contribution < 1.29 is 13.9 Å². The number of carbonyl (C=O) groups excluding carboxylic acids is 1. The molecular weight excluding hydrogens is 399 g/mol. The van der Waals surface area contributed by atoms with Crippen LogP contribution in [0.2, 0.25) is 0 Å². The molecule has 1 aliphatic rings. The number of nitrogens with one attached hydrogen (secondary N) is 1. The highest BCUT2D eigenvalue weighted by Crippen LogP contribution is 2.37. The standard InChI is InChI=1S/C24H23FN2O2S/c1-29-24(28)20-11-12-26-15-22(20)27-14-17-6-4-5-16-13-18(9-10-19(16)17)30-23-8-3-2-7-21(23)25/h2-3,7-13,15,17,27H,4-6,14H2,1H3. The summed E-state index contributed by atoms with van der Waals surface area (Å²) in [5.74, 6) is -0.231. The van der Waals surface area contributed by atoms with Crippen LogP contribution >= 0.6 is 11.8 Å². The van der Waals surface area contributed by atoms with Gasteiger partial charge >= 0.3 is 5.97 Å². The molecule has 0 radical (unpaired) electrons. The number of carbonyl (C=O) groups is 1. The third-order valence-corrected chi connectivity index (χ3v) is 6.42. The van der Waals surface area contributed by atoms with Gasteiger partial charge in [0.15, 0.2) is 0 Å². The number of anilines is 1. The van der Waals surface area contributed by atoms with Gasteiger partial charge in [0.2, 0.25) is 0 Å². The molecule has 0 amide bonds. The van der Waals surface area contributed by atoms with E-state index in [0.29, 0.717) is 28.6 Å². The SMILES string of the molecule is COC(=O)c1ccncc1NCC1CCCc2cc(Sc3ccccc3F)ccc21. The number of fused-ring (bicyclic) bond motifs is 1. The normalized spacial score (nSPS) is 15.3. The Morgan fingerprint density at radius 2 is 2.13 bits per heavy atom. The lowest BCUT2D eigenvalue weighted by atomic mass is 9.83. The average Bonchev–Trinajstić information content (AvgIpc) is 2.78. The van der Waals surface area contributed by atoms with Crippen molar-refractivity contribution in [2.24, 2.45) is 0 Å². The van der Waals surface area contributed by atoms with Crippen LogP contribution in [0.3, 0.4) is 0 Å². The van der Waals surface area contributed by atoms with Crippen LogP contribution in [-0.4, -0.2) is 24.6 Å². The van der Waals surface area contributed by atoms with Gasteiger partial charge in [-0.05, 0) is 60.7 Å². The van der Waals surface area contributed by atoms with Crippen LogP contribution < -0.4 is 5.32 Å². The van der Waals surface area contributed by atoms with E-state index in [9.17, 15) is 9.18 Å². The van der Waals surface area contributed by atoms with Crippen molar-refractivity contribution >= 4 is 23.4 Å². The zero-order valence-corrected chi connectivity index (χ0v) is 17.5. The molecule has 1 heterocycles. The fraction of sp³-hybridized carbons (Fsp3) is 0.250. The van der Waals surface area contributed by atoms with E-state index in [1.54, 1.807) is 30.6 Å². The van der Waals surface area contributed by atoms with E-state index in [4.69, 9.17) is 4.74 Å². The first-order valence-corrected chi connectivity index (χ1v) is 10.8. The zero-order chi connectivity index (χ0) is 20.9. The predicted molar refractivity (Wildman–Crippen MR) is 117 cm³/mol. The molecule has 3 aromatic rings. The molecule has 1 unspecified atom stereocenters. The van der Waals surface area contributed by atoms with Gasteiger partial charge in [-0.25, -0.2) is 9.18 Å². The van der Waals surface area contributed by atoms with E-state index in [2.05, 4.69) is 28.5 Å². The quantitative estimate of drug-likeness (QED) is 0.517. The van der Waals surface area contributed by atoms with Crippen LogP contribution in [-0.2, 0) is 11.2 Å². The van der Waals surface area contributed by atoms with Crippen LogP contribution in [0.15, 0.2) is 70.7 Å². The van der Waals surface area contributed by atoms with Crippen molar-refractivity contribution in [3.63, 3.8) is 0 Å². The molecule has 4 rings (SSSR count). The first-order chi connectivity index (χ1) is 14.7. The maximum Gasteiger partial charge on any atom is 0.340 e. The highest BCUT2D eigenvalue weighted by Gasteiger charge is 2.21. The predicted octanol–water partition coefficient (Wildman–Crippen LogP) is 5.69. The maximum absolute atomic E-state index is 14.0. The second-order valence-corrected chi connectivity index (χ2v) is 8.39. The molecular formula is C24H23FN2O2S. The van der Waals surface area contributed by atoms with Crippen LogP contribution in [0.1, 0.15) is 40.2 Å². The van der Waals surface area contributed by atoms with Crippen molar-refractivity contribution in [1.82, 2.24) is 4.98 Å². The van der Waals surface area contributed by atoms with Crippen LogP contribution in [0.5, 0.6) is 0 Å². The summed E-state index contributed by atoms with van der Waals surface area (Å²) < 4.78 is 18.8. The molecule has 0 aliphatic heterocycles. The molecule has 30 heavy (non-hydrogen) atoms. The van der Waals surface area contributed by atoms with Gasteiger partial charge in [0.05, 0.1) is 24.6 Å². The van der Waals surface area contributed by atoms with E-state index in [1.807, 2.05) is 6.07 Å². The molecule has 6 heteroatoms. The van der Waals surface area contributed by atoms with Crippen LogP contribution in [0.25, 0.3) is 0 Å². The summed E-state index contributed by atoms with van der Waals surface area (Å²) in [6.45, 7) is 0.711. The largest absolute Gasteiger partial charge is 0.465 e. The van der Waals surface area contributed by atoms with Gasteiger partial charge in [0.1, 0.15) is 5.82 Å². The first-order valence-electron chi connectivity index (χ1n) is 9.97. The highest BCUT2D eigenvalue weighted by atomic mass is 32.2. The number of hydrogen-bond acceptors (Lipinski definition) is 5. The average molecular weight is 423 g/mol. The number of ether oxygens (including phenoxy) is 1. The number of aryl methyl sites for hydroxylation is 1. The molecule has 1 atom stereocenters. The number of hydrogen-bond donors (Lipinski definition) is 1.